The van der Waals surface area contributed by atoms with Crippen molar-refractivity contribution >= 4 is 17.8 Å². The highest BCUT2D eigenvalue weighted by molar-refractivity contribution is 5.98. The summed E-state index contributed by atoms with van der Waals surface area (Å²) in [5.74, 6) is -2.53. The van der Waals surface area contributed by atoms with Crippen LogP contribution < -0.4 is 5.32 Å². The monoisotopic (exact) mass is 458 g/mol. The molecule has 2 unspecified atom stereocenters. The first kappa shape index (κ1) is 23.7. The van der Waals surface area contributed by atoms with E-state index in [1.54, 1.807) is 6.92 Å². The summed E-state index contributed by atoms with van der Waals surface area (Å²) in [5, 5.41) is 13.3. The molecule has 3 aliphatic heterocycles. The van der Waals surface area contributed by atoms with Gasteiger partial charge in [0.2, 0.25) is 11.8 Å². The summed E-state index contributed by atoms with van der Waals surface area (Å²) in [6.07, 6.45) is 2.85. The minimum absolute atomic E-state index is 0.216. The predicted molar refractivity (Wildman–Crippen MR) is 120 cm³/mol. The number of unbranched alkanes of at least 4 members (excludes halogenated alkanes) is 1. The van der Waals surface area contributed by atoms with Gasteiger partial charge in [-0.15, -0.1) is 0 Å². The average molecular weight is 459 g/mol. The van der Waals surface area contributed by atoms with Crippen molar-refractivity contribution in [3.8, 4) is 0 Å². The van der Waals surface area contributed by atoms with Crippen molar-refractivity contribution in [2.24, 2.45) is 11.8 Å². The van der Waals surface area contributed by atoms with Crippen molar-refractivity contribution in [1.82, 2.24) is 10.2 Å². The lowest BCUT2D eigenvalue weighted by atomic mass is 9.71. The second-order valence-corrected chi connectivity index (χ2v) is 9.22. The molecule has 1 aromatic carbocycles. The highest BCUT2D eigenvalue weighted by atomic mass is 16.6. The molecule has 4 rings (SSSR count). The zero-order valence-electron chi connectivity index (χ0n) is 19.4. The molecule has 3 fully saturated rings. The van der Waals surface area contributed by atoms with Crippen molar-refractivity contribution in [2.45, 2.75) is 69.7 Å². The Bertz CT molecular complexity index is 877. The van der Waals surface area contributed by atoms with Crippen LogP contribution in [0.25, 0.3) is 0 Å². The highest BCUT2D eigenvalue weighted by Crippen LogP contribution is 2.59. The predicted octanol–water partition coefficient (Wildman–Crippen LogP) is 1.44. The summed E-state index contributed by atoms with van der Waals surface area (Å²) in [7, 11) is 0. The lowest BCUT2D eigenvalue weighted by molar-refractivity contribution is -0.155. The van der Waals surface area contributed by atoms with E-state index in [0.29, 0.717) is 25.8 Å². The molecule has 0 aromatic heterocycles. The lowest BCUT2D eigenvalue weighted by Crippen LogP contribution is -2.58. The van der Waals surface area contributed by atoms with Gasteiger partial charge < -0.3 is 24.8 Å². The molecule has 3 heterocycles. The molecule has 180 valence electrons. The van der Waals surface area contributed by atoms with E-state index in [-0.39, 0.29) is 25.0 Å². The molecule has 3 saturated heterocycles. The standard InChI is InChI=1S/C25H34N2O6/c1-3-5-13-26-22(29)21-25-12-11-18(33-25)19(24(31)32-4-2)20(25)23(30)27(21)17(15-28)14-16-9-7-6-8-10-16/h6-10,17-21,28H,3-5,11-15H2,1-2H3,(H,26,29)/t17-,18-,19+,20+,21?,25?/m1/s1. The maximum absolute atomic E-state index is 13.9. The number of amides is 2. The van der Waals surface area contributed by atoms with Gasteiger partial charge in [0.1, 0.15) is 11.6 Å². The fourth-order valence-corrected chi connectivity index (χ4v) is 5.91. The molecule has 2 amide bonds. The molecule has 6 atom stereocenters. The van der Waals surface area contributed by atoms with Gasteiger partial charge in [0.15, 0.2) is 0 Å². The van der Waals surface area contributed by atoms with Crippen LogP contribution in [-0.2, 0) is 30.3 Å². The van der Waals surface area contributed by atoms with E-state index in [9.17, 15) is 19.5 Å². The van der Waals surface area contributed by atoms with Crippen LogP contribution in [0.4, 0.5) is 0 Å². The summed E-state index contributed by atoms with van der Waals surface area (Å²) in [4.78, 5) is 41.7. The summed E-state index contributed by atoms with van der Waals surface area (Å²) in [6.45, 7) is 4.20. The second kappa shape index (κ2) is 9.81. The molecule has 0 aliphatic carbocycles. The minimum Gasteiger partial charge on any atom is -0.466 e. The molecule has 1 spiro atoms. The highest BCUT2D eigenvalue weighted by Gasteiger charge is 2.75. The van der Waals surface area contributed by atoms with Gasteiger partial charge in [0.25, 0.3) is 0 Å². The number of hydrogen-bond acceptors (Lipinski definition) is 6. The van der Waals surface area contributed by atoms with Gasteiger partial charge in [-0.25, -0.2) is 0 Å². The average Bonchev–Trinajstić information content (AvgIpc) is 3.46. The van der Waals surface area contributed by atoms with E-state index >= 15 is 0 Å². The minimum atomic E-state index is -1.07. The third-order valence-corrected chi connectivity index (χ3v) is 7.29. The summed E-state index contributed by atoms with van der Waals surface area (Å²) >= 11 is 0. The summed E-state index contributed by atoms with van der Waals surface area (Å²) in [5.41, 5.74) is -0.115. The molecule has 2 N–H and O–H groups in total. The number of likely N-dealkylation sites (tertiary alicyclic amines) is 1. The number of fused-ring (bicyclic) bond motifs is 1. The van der Waals surface area contributed by atoms with E-state index in [1.165, 1.54) is 4.90 Å². The molecule has 33 heavy (non-hydrogen) atoms. The first-order chi connectivity index (χ1) is 16.0. The SMILES string of the molecule is CCCCNC(=O)C1N([C@@H](CO)Cc2ccccc2)C(=O)[C@@H]2[C@@H](C(=O)OCC)[C@H]3CCC12O3. The van der Waals surface area contributed by atoms with Crippen LogP contribution >= 0.6 is 0 Å². The Morgan fingerprint density at radius 2 is 2.06 bits per heavy atom. The van der Waals surface area contributed by atoms with Crippen LogP contribution in [-0.4, -0.2) is 71.3 Å². The van der Waals surface area contributed by atoms with Crippen molar-refractivity contribution in [3.05, 3.63) is 35.9 Å². The van der Waals surface area contributed by atoms with Gasteiger partial charge in [0.05, 0.1) is 37.2 Å². The van der Waals surface area contributed by atoms with Crippen LogP contribution in [0.15, 0.2) is 30.3 Å². The van der Waals surface area contributed by atoms with Crippen molar-refractivity contribution < 1.29 is 29.0 Å². The Morgan fingerprint density at radius 1 is 1.30 bits per heavy atom. The number of aliphatic hydroxyl groups excluding tert-OH is 1. The van der Waals surface area contributed by atoms with Gasteiger partial charge in [-0.2, -0.15) is 0 Å². The number of nitrogens with one attached hydrogen (secondary N) is 1. The van der Waals surface area contributed by atoms with Crippen molar-refractivity contribution in [2.75, 3.05) is 19.8 Å². The van der Waals surface area contributed by atoms with Crippen LogP contribution in [0.1, 0.15) is 45.1 Å². The number of carbonyl (C=O) groups excluding carboxylic acids is 3. The first-order valence-electron chi connectivity index (χ1n) is 12.1. The molecule has 8 heteroatoms. The third kappa shape index (κ3) is 4.04. The number of esters is 1. The molecule has 0 radical (unpaired) electrons. The Hall–Kier alpha value is -2.45. The van der Waals surface area contributed by atoms with E-state index in [0.717, 1.165) is 18.4 Å². The van der Waals surface area contributed by atoms with Crippen LogP contribution in [0.5, 0.6) is 0 Å². The Labute approximate surface area is 194 Å². The number of rotatable bonds is 10. The molecule has 0 saturated carbocycles. The zero-order valence-corrected chi connectivity index (χ0v) is 19.4. The number of hydrogen-bond donors (Lipinski definition) is 2. The second-order valence-electron chi connectivity index (χ2n) is 9.22. The third-order valence-electron chi connectivity index (χ3n) is 7.29. The molecule has 8 nitrogen and oxygen atoms in total. The molecule has 1 aromatic rings. The van der Waals surface area contributed by atoms with Gasteiger partial charge in [-0.3, -0.25) is 14.4 Å². The summed E-state index contributed by atoms with van der Waals surface area (Å²) < 4.78 is 11.6. The Morgan fingerprint density at radius 3 is 2.73 bits per heavy atom. The summed E-state index contributed by atoms with van der Waals surface area (Å²) in [6, 6.07) is 8.08. The van der Waals surface area contributed by atoms with Gasteiger partial charge >= 0.3 is 5.97 Å². The van der Waals surface area contributed by atoms with Gasteiger partial charge in [0, 0.05) is 6.54 Å². The topological polar surface area (TPSA) is 105 Å². The smallest absolute Gasteiger partial charge is 0.312 e. The molecular formula is C25H34N2O6. The number of benzene rings is 1. The van der Waals surface area contributed by atoms with Crippen LogP contribution in [0.2, 0.25) is 0 Å². The first-order valence-corrected chi connectivity index (χ1v) is 12.1. The van der Waals surface area contributed by atoms with E-state index in [1.807, 2.05) is 37.3 Å². The molecule has 3 aliphatic rings. The van der Waals surface area contributed by atoms with Crippen molar-refractivity contribution in [1.29, 1.82) is 0 Å². The van der Waals surface area contributed by atoms with E-state index in [2.05, 4.69) is 5.32 Å². The number of ether oxygens (including phenoxy) is 2. The van der Waals surface area contributed by atoms with Gasteiger partial charge in [-0.1, -0.05) is 43.7 Å². The van der Waals surface area contributed by atoms with E-state index < -0.39 is 41.6 Å². The number of nitrogens with zero attached hydrogens (tertiary/aromatic N) is 1. The fourth-order valence-electron chi connectivity index (χ4n) is 5.91. The number of carbonyl (C=O) groups is 3. The largest absolute Gasteiger partial charge is 0.466 e. The maximum atomic E-state index is 13.9. The lowest BCUT2D eigenvalue weighted by Gasteiger charge is -2.36. The van der Waals surface area contributed by atoms with Crippen LogP contribution in [0.3, 0.4) is 0 Å². The number of aliphatic hydroxyl groups is 1. The van der Waals surface area contributed by atoms with Crippen LogP contribution in [0, 0.1) is 11.8 Å². The fraction of sp³-hybridized carbons (Fsp3) is 0.640. The Kier molecular flexibility index (Phi) is 7.05. The normalized spacial score (nSPS) is 30.9. The maximum Gasteiger partial charge on any atom is 0.312 e. The van der Waals surface area contributed by atoms with Gasteiger partial charge in [-0.05, 0) is 38.2 Å². The zero-order chi connectivity index (χ0) is 23.6. The quantitative estimate of drug-likeness (QED) is 0.406. The molecular weight excluding hydrogens is 424 g/mol. The van der Waals surface area contributed by atoms with E-state index in [4.69, 9.17) is 9.47 Å². The van der Waals surface area contributed by atoms with Crippen molar-refractivity contribution in [3.63, 3.8) is 0 Å². The molecule has 2 bridgehead atoms. The Balaban J connectivity index is 1.70.